The predicted octanol–water partition coefficient (Wildman–Crippen LogP) is 4.21. The van der Waals surface area contributed by atoms with E-state index in [9.17, 15) is 4.79 Å². The molecule has 0 saturated carbocycles. The van der Waals surface area contributed by atoms with Crippen molar-refractivity contribution >= 4 is 5.91 Å². The highest BCUT2D eigenvalue weighted by molar-refractivity contribution is 5.80. The molecule has 2 rings (SSSR count). The molecule has 2 aromatic carbocycles. The fourth-order valence-corrected chi connectivity index (χ4v) is 2.64. The van der Waals surface area contributed by atoms with Crippen LogP contribution in [0.2, 0.25) is 0 Å². The summed E-state index contributed by atoms with van der Waals surface area (Å²) in [7, 11) is 1.62. The number of amides is 1. The van der Waals surface area contributed by atoms with Crippen LogP contribution >= 0.6 is 0 Å². The molecule has 1 atom stereocenters. The van der Waals surface area contributed by atoms with E-state index in [1.165, 1.54) is 0 Å². The van der Waals surface area contributed by atoms with E-state index in [2.05, 4.69) is 31.3 Å². The molecule has 1 N–H and O–H groups in total. The molecular formula is C21H27NO3. The predicted molar refractivity (Wildman–Crippen MR) is 100 cm³/mol. The van der Waals surface area contributed by atoms with Gasteiger partial charge in [-0.25, -0.2) is 0 Å². The summed E-state index contributed by atoms with van der Waals surface area (Å²) < 4.78 is 11.3. The highest BCUT2D eigenvalue weighted by Crippen LogP contribution is 2.28. The topological polar surface area (TPSA) is 47.6 Å². The summed E-state index contributed by atoms with van der Waals surface area (Å²) >= 11 is 0. The van der Waals surface area contributed by atoms with Gasteiger partial charge in [-0.3, -0.25) is 4.79 Å². The Morgan fingerprint density at radius 3 is 2.48 bits per heavy atom. The van der Waals surface area contributed by atoms with Gasteiger partial charge >= 0.3 is 0 Å². The third-order valence-electron chi connectivity index (χ3n) is 4.11. The molecule has 25 heavy (non-hydrogen) atoms. The third-order valence-corrected chi connectivity index (χ3v) is 4.11. The summed E-state index contributed by atoms with van der Waals surface area (Å²) in [6, 6.07) is 13.8. The van der Waals surface area contributed by atoms with E-state index in [4.69, 9.17) is 9.47 Å². The van der Waals surface area contributed by atoms with Gasteiger partial charge in [0, 0.05) is 12.1 Å². The van der Waals surface area contributed by atoms with Crippen molar-refractivity contribution in [3.8, 4) is 11.5 Å². The molecule has 0 fully saturated rings. The van der Waals surface area contributed by atoms with Gasteiger partial charge in [0.25, 0.3) is 5.91 Å². The van der Waals surface area contributed by atoms with Crippen molar-refractivity contribution in [1.82, 2.24) is 5.32 Å². The van der Waals surface area contributed by atoms with Gasteiger partial charge in [0.15, 0.2) is 6.10 Å². The van der Waals surface area contributed by atoms with Crippen molar-refractivity contribution < 1.29 is 14.3 Å². The number of carbonyl (C=O) groups is 1. The molecule has 0 spiro atoms. The van der Waals surface area contributed by atoms with Crippen LogP contribution in [0, 0.1) is 6.92 Å². The number of para-hydroxylation sites is 1. The van der Waals surface area contributed by atoms with Crippen LogP contribution < -0.4 is 14.8 Å². The van der Waals surface area contributed by atoms with Crippen molar-refractivity contribution in [3.05, 3.63) is 59.2 Å². The standard InChI is InChI=1S/C21H27NO3/c1-14(2)18-11-10-15(3)12-20(18)25-16(4)21(23)22-13-17-8-6-7-9-19(17)24-5/h6-12,14,16H,13H2,1-5H3,(H,22,23). The maximum atomic E-state index is 12.4. The lowest BCUT2D eigenvalue weighted by atomic mass is 10.0. The number of hydrogen-bond acceptors (Lipinski definition) is 3. The van der Waals surface area contributed by atoms with Gasteiger partial charge in [0.1, 0.15) is 11.5 Å². The number of rotatable bonds is 7. The van der Waals surface area contributed by atoms with Crippen molar-refractivity contribution in [1.29, 1.82) is 0 Å². The van der Waals surface area contributed by atoms with Crippen LogP contribution in [0.1, 0.15) is 43.4 Å². The second-order valence-corrected chi connectivity index (χ2v) is 6.49. The summed E-state index contributed by atoms with van der Waals surface area (Å²) in [4.78, 5) is 12.4. The number of hydrogen-bond donors (Lipinski definition) is 1. The van der Waals surface area contributed by atoms with Gasteiger partial charge in [-0.05, 0) is 43.0 Å². The second kappa shape index (κ2) is 8.56. The van der Waals surface area contributed by atoms with Crippen LogP contribution in [0.4, 0.5) is 0 Å². The maximum Gasteiger partial charge on any atom is 0.261 e. The minimum atomic E-state index is -0.575. The van der Waals surface area contributed by atoms with Crippen molar-refractivity contribution in [3.63, 3.8) is 0 Å². The number of nitrogens with one attached hydrogen (secondary N) is 1. The van der Waals surface area contributed by atoms with E-state index in [1.54, 1.807) is 14.0 Å². The van der Waals surface area contributed by atoms with Gasteiger partial charge in [0.05, 0.1) is 7.11 Å². The molecule has 1 amide bonds. The van der Waals surface area contributed by atoms with E-state index in [1.807, 2.05) is 37.3 Å². The second-order valence-electron chi connectivity index (χ2n) is 6.49. The fourth-order valence-electron chi connectivity index (χ4n) is 2.64. The van der Waals surface area contributed by atoms with E-state index < -0.39 is 6.10 Å². The monoisotopic (exact) mass is 341 g/mol. The first kappa shape index (κ1) is 18.8. The quantitative estimate of drug-likeness (QED) is 0.820. The zero-order chi connectivity index (χ0) is 18.4. The average molecular weight is 341 g/mol. The maximum absolute atomic E-state index is 12.4. The Bertz CT molecular complexity index is 725. The normalized spacial score (nSPS) is 11.9. The first-order valence-electron chi connectivity index (χ1n) is 8.59. The number of methoxy groups -OCH3 is 1. The van der Waals surface area contributed by atoms with Crippen LogP contribution in [0.15, 0.2) is 42.5 Å². The first-order valence-corrected chi connectivity index (χ1v) is 8.59. The van der Waals surface area contributed by atoms with Gasteiger partial charge in [-0.1, -0.05) is 44.2 Å². The van der Waals surface area contributed by atoms with Gasteiger partial charge < -0.3 is 14.8 Å². The minimum absolute atomic E-state index is 0.151. The zero-order valence-corrected chi connectivity index (χ0v) is 15.6. The molecule has 2 aromatic rings. The first-order chi connectivity index (χ1) is 11.9. The van der Waals surface area contributed by atoms with E-state index >= 15 is 0 Å². The molecule has 1 unspecified atom stereocenters. The molecule has 4 heteroatoms. The Kier molecular flexibility index (Phi) is 6.45. The van der Waals surface area contributed by atoms with Crippen molar-refractivity contribution in [2.75, 3.05) is 7.11 Å². The molecule has 4 nitrogen and oxygen atoms in total. The Hall–Kier alpha value is -2.49. The highest BCUT2D eigenvalue weighted by atomic mass is 16.5. The fraction of sp³-hybridized carbons (Fsp3) is 0.381. The third kappa shape index (κ3) is 4.99. The summed E-state index contributed by atoms with van der Waals surface area (Å²) in [5.74, 6) is 1.72. The lowest BCUT2D eigenvalue weighted by Gasteiger charge is -2.19. The van der Waals surface area contributed by atoms with Gasteiger partial charge in [-0.2, -0.15) is 0 Å². The summed E-state index contributed by atoms with van der Waals surface area (Å²) in [5, 5.41) is 2.91. The summed E-state index contributed by atoms with van der Waals surface area (Å²) in [6.45, 7) is 8.42. The molecule has 0 radical (unpaired) electrons. The summed E-state index contributed by atoms with van der Waals surface area (Å²) in [6.07, 6.45) is -0.575. The Morgan fingerprint density at radius 1 is 1.08 bits per heavy atom. The van der Waals surface area contributed by atoms with E-state index in [0.29, 0.717) is 12.5 Å². The Morgan fingerprint density at radius 2 is 1.80 bits per heavy atom. The Balaban J connectivity index is 2.02. The molecule has 0 aromatic heterocycles. The van der Waals surface area contributed by atoms with E-state index in [-0.39, 0.29) is 5.91 Å². The van der Waals surface area contributed by atoms with Crippen LogP contribution in [0.25, 0.3) is 0 Å². The molecular weight excluding hydrogens is 314 g/mol. The number of carbonyl (C=O) groups excluding carboxylic acids is 1. The molecule has 0 aliphatic carbocycles. The minimum Gasteiger partial charge on any atom is -0.496 e. The smallest absolute Gasteiger partial charge is 0.261 e. The van der Waals surface area contributed by atoms with Crippen LogP contribution in [-0.2, 0) is 11.3 Å². The van der Waals surface area contributed by atoms with Crippen LogP contribution in [0.5, 0.6) is 11.5 Å². The van der Waals surface area contributed by atoms with Crippen LogP contribution in [0.3, 0.4) is 0 Å². The number of ether oxygens (including phenoxy) is 2. The average Bonchev–Trinajstić information content (AvgIpc) is 2.59. The molecule has 0 heterocycles. The number of aryl methyl sites for hydroxylation is 1. The largest absolute Gasteiger partial charge is 0.496 e. The van der Waals surface area contributed by atoms with Crippen molar-refractivity contribution in [2.45, 2.75) is 46.3 Å². The zero-order valence-electron chi connectivity index (χ0n) is 15.6. The lowest BCUT2D eigenvalue weighted by Crippen LogP contribution is -2.36. The van der Waals surface area contributed by atoms with Crippen molar-refractivity contribution in [2.24, 2.45) is 0 Å². The van der Waals surface area contributed by atoms with E-state index in [0.717, 1.165) is 28.2 Å². The van der Waals surface area contributed by atoms with Gasteiger partial charge in [0.2, 0.25) is 0 Å². The number of benzene rings is 2. The lowest BCUT2D eigenvalue weighted by molar-refractivity contribution is -0.127. The highest BCUT2D eigenvalue weighted by Gasteiger charge is 2.18. The van der Waals surface area contributed by atoms with Gasteiger partial charge in [-0.15, -0.1) is 0 Å². The molecule has 0 saturated heterocycles. The Labute approximate surface area is 150 Å². The summed E-state index contributed by atoms with van der Waals surface area (Å²) in [5.41, 5.74) is 3.15. The molecule has 0 bridgehead atoms. The molecule has 134 valence electrons. The van der Waals surface area contributed by atoms with Crippen LogP contribution in [-0.4, -0.2) is 19.1 Å². The molecule has 0 aliphatic rings. The SMILES string of the molecule is COc1ccccc1CNC(=O)C(C)Oc1cc(C)ccc1C(C)C. The molecule has 0 aliphatic heterocycles.